The molecule has 0 saturated heterocycles. The minimum Gasteiger partial charge on any atom is -0.130 e. The summed E-state index contributed by atoms with van der Waals surface area (Å²) in [5.41, 5.74) is 3.41. The molecule has 0 spiro atoms. The summed E-state index contributed by atoms with van der Waals surface area (Å²) in [5.74, 6) is 0.749. The summed E-state index contributed by atoms with van der Waals surface area (Å²) in [6.45, 7) is 6.71. The molecule has 72 valence electrons. The summed E-state index contributed by atoms with van der Waals surface area (Å²) < 4.78 is 0. The van der Waals surface area contributed by atoms with Crippen molar-refractivity contribution in [3.8, 4) is 0 Å². The fourth-order valence-electron chi connectivity index (χ4n) is 1.43. The van der Waals surface area contributed by atoms with Gasteiger partial charge in [-0.1, -0.05) is 45.0 Å². The Morgan fingerprint density at radius 3 is 2.00 bits per heavy atom. The van der Waals surface area contributed by atoms with Crippen LogP contribution in [0.25, 0.3) is 0 Å². The van der Waals surface area contributed by atoms with E-state index in [2.05, 4.69) is 54.3 Å². The van der Waals surface area contributed by atoms with Crippen molar-refractivity contribution in [1.29, 1.82) is 0 Å². The molecule has 0 nitrogen and oxygen atoms in total. The Balaban J connectivity index is 2.70. The molecular formula is C12H19P. The van der Waals surface area contributed by atoms with Gasteiger partial charge in [-0.25, -0.2) is 0 Å². The van der Waals surface area contributed by atoms with Gasteiger partial charge in [0.1, 0.15) is 0 Å². The molecule has 0 N–H and O–H groups in total. The lowest BCUT2D eigenvalue weighted by atomic mass is 10.0. The predicted octanol–water partition coefficient (Wildman–Crippen LogP) is 3.82. The van der Waals surface area contributed by atoms with E-state index in [1.54, 1.807) is 0 Å². The zero-order chi connectivity index (χ0) is 9.84. The molecule has 0 aliphatic carbocycles. The highest BCUT2D eigenvalue weighted by Crippen LogP contribution is 2.22. The SMILES string of the molecule is CC(C)Cc1ccc(C(C)P)cc1. The van der Waals surface area contributed by atoms with Crippen molar-refractivity contribution < 1.29 is 0 Å². The average Bonchev–Trinajstić information content (AvgIpc) is 2.04. The predicted molar refractivity (Wildman–Crippen MR) is 63.1 cm³/mol. The molecule has 0 bridgehead atoms. The minimum atomic E-state index is 0.563. The standard InChI is InChI=1S/C12H19P/c1-9(2)8-11-4-6-12(7-5-11)10(3)13/h4-7,9-10H,8,13H2,1-3H3. The smallest absolute Gasteiger partial charge is 0.00428 e. The monoisotopic (exact) mass is 194 g/mol. The van der Waals surface area contributed by atoms with E-state index in [9.17, 15) is 0 Å². The highest BCUT2D eigenvalue weighted by Gasteiger charge is 2.00. The Labute approximate surface area is 84.0 Å². The second-order valence-corrected chi connectivity index (χ2v) is 5.13. The first-order chi connectivity index (χ1) is 6.09. The molecular weight excluding hydrogens is 175 g/mol. The van der Waals surface area contributed by atoms with E-state index in [1.165, 1.54) is 17.5 Å². The van der Waals surface area contributed by atoms with Gasteiger partial charge >= 0.3 is 0 Å². The van der Waals surface area contributed by atoms with E-state index in [0.717, 1.165) is 5.92 Å². The van der Waals surface area contributed by atoms with Gasteiger partial charge in [-0.15, -0.1) is 9.24 Å². The van der Waals surface area contributed by atoms with Gasteiger partial charge in [0.2, 0.25) is 0 Å². The van der Waals surface area contributed by atoms with Gasteiger partial charge in [0.15, 0.2) is 0 Å². The molecule has 0 amide bonds. The van der Waals surface area contributed by atoms with E-state index in [1.807, 2.05) is 0 Å². The minimum absolute atomic E-state index is 0.563. The van der Waals surface area contributed by atoms with Crippen LogP contribution in [0.5, 0.6) is 0 Å². The summed E-state index contributed by atoms with van der Waals surface area (Å²) in [5, 5.41) is 0. The maximum Gasteiger partial charge on any atom is -0.00428 e. The highest BCUT2D eigenvalue weighted by molar-refractivity contribution is 7.17. The second kappa shape index (κ2) is 4.77. The third kappa shape index (κ3) is 3.48. The van der Waals surface area contributed by atoms with Crippen LogP contribution >= 0.6 is 9.24 Å². The van der Waals surface area contributed by atoms with E-state index < -0.39 is 0 Å². The molecule has 13 heavy (non-hydrogen) atoms. The average molecular weight is 194 g/mol. The summed E-state index contributed by atoms with van der Waals surface area (Å²) in [4.78, 5) is 0. The first-order valence-corrected chi connectivity index (χ1v) is 5.60. The highest BCUT2D eigenvalue weighted by atomic mass is 31.0. The van der Waals surface area contributed by atoms with Gasteiger partial charge in [-0.2, -0.15) is 0 Å². The van der Waals surface area contributed by atoms with E-state index in [0.29, 0.717) is 5.66 Å². The third-order valence-electron chi connectivity index (χ3n) is 2.15. The van der Waals surface area contributed by atoms with Gasteiger partial charge in [0.25, 0.3) is 0 Å². The van der Waals surface area contributed by atoms with Gasteiger partial charge in [0.05, 0.1) is 0 Å². The molecule has 0 radical (unpaired) electrons. The molecule has 0 fully saturated rings. The Morgan fingerprint density at radius 1 is 1.08 bits per heavy atom. The zero-order valence-electron chi connectivity index (χ0n) is 8.75. The Hall–Kier alpha value is -0.350. The first kappa shape index (κ1) is 10.7. The summed E-state index contributed by atoms with van der Waals surface area (Å²) >= 11 is 0. The molecule has 1 aromatic carbocycles. The molecule has 2 unspecified atom stereocenters. The van der Waals surface area contributed by atoms with Gasteiger partial charge in [-0.05, 0) is 29.1 Å². The van der Waals surface area contributed by atoms with Crippen LogP contribution in [-0.2, 0) is 6.42 Å². The number of hydrogen-bond donors (Lipinski definition) is 0. The van der Waals surface area contributed by atoms with Crippen LogP contribution in [0.2, 0.25) is 0 Å². The van der Waals surface area contributed by atoms with Crippen molar-refractivity contribution in [3.63, 3.8) is 0 Å². The number of benzene rings is 1. The van der Waals surface area contributed by atoms with Gasteiger partial charge in [0, 0.05) is 0 Å². The molecule has 0 aliphatic rings. The lowest BCUT2D eigenvalue weighted by molar-refractivity contribution is 0.647. The lowest BCUT2D eigenvalue weighted by Gasteiger charge is -2.08. The molecule has 0 aromatic heterocycles. The van der Waals surface area contributed by atoms with E-state index >= 15 is 0 Å². The van der Waals surface area contributed by atoms with Gasteiger partial charge in [-0.3, -0.25) is 0 Å². The fourth-order valence-corrected chi connectivity index (χ4v) is 1.65. The van der Waals surface area contributed by atoms with Crippen LogP contribution in [0.4, 0.5) is 0 Å². The normalized spacial score (nSPS) is 13.3. The van der Waals surface area contributed by atoms with Crippen molar-refractivity contribution in [1.82, 2.24) is 0 Å². The Kier molecular flexibility index (Phi) is 3.93. The van der Waals surface area contributed by atoms with Crippen molar-refractivity contribution in [2.45, 2.75) is 32.9 Å². The molecule has 1 heteroatoms. The topological polar surface area (TPSA) is 0 Å². The van der Waals surface area contributed by atoms with Crippen molar-refractivity contribution in [2.75, 3.05) is 0 Å². The zero-order valence-corrected chi connectivity index (χ0v) is 9.90. The van der Waals surface area contributed by atoms with Crippen LogP contribution in [0.15, 0.2) is 24.3 Å². The Bertz CT molecular complexity index is 246. The van der Waals surface area contributed by atoms with Crippen LogP contribution in [-0.4, -0.2) is 0 Å². The van der Waals surface area contributed by atoms with Crippen LogP contribution in [0.1, 0.15) is 37.6 Å². The summed E-state index contributed by atoms with van der Waals surface area (Å²) in [6, 6.07) is 8.95. The quantitative estimate of drug-likeness (QED) is 0.642. The molecule has 1 rings (SSSR count). The molecule has 2 atom stereocenters. The Morgan fingerprint density at radius 2 is 1.62 bits per heavy atom. The van der Waals surface area contributed by atoms with Crippen molar-refractivity contribution >= 4 is 9.24 Å². The van der Waals surface area contributed by atoms with Gasteiger partial charge < -0.3 is 0 Å². The first-order valence-electron chi connectivity index (χ1n) is 4.94. The van der Waals surface area contributed by atoms with Crippen molar-refractivity contribution in [2.24, 2.45) is 5.92 Å². The van der Waals surface area contributed by atoms with E-state index in [-0.39, 0.29) is 0 Å². The van der Waals surface area contributed by atoms with E-state index in [4.69, 9.17) is 0 Å². The van der Waals surface area contributed by atoms with Crippen LogP contribution in [0, 0.1) is 5.92 Å². The third-order valence-corrected chi connectivity index (χ3v) is 2.53. The summed E-state index contributed by atoms with van der Waals surface area (Å²) in [7, 11) is 2.82. The summed E-state index contributed by atoms with van der Waals surface area (Å²) in [6.07, 6.45) is 1.19. The van der Waals surface area contributed by atoms with Crippen molar-refractivity contribution in [3.05, 3.63) is 35.4 Å². The maximum absolute atomic E-state index is 2.82. The fraction of sp³-hybridized carbons (Fsp3) is 0.500. The molecule has 1 aromatic rings. The van der Waals surface area contributed by atoms with Crippen LogP contribution in [0.3, 0.4) is 0 Å². The second-order valence-electron chi connectivity index (χ2n) is 4.13. The molecule has 0 aliphatic heterocycles. The molecule has 0 heterocycles. The lowest BCUT2D eigenvalue weighted by Crippen LogP contribution is -1.94. The number of rotatable bonds is 3. The number of hydrogen-bond acceptors (Lipinski definition) is 0. The van der Waals surface area contributed by atoms with Crippen LogP contribution < -0.4 is 0 Å². The molecule has 0 saturated carbocycles. The largest absolute Gasteiger partial charge is 0.130 e. The maximum atomic E-state index is 2.82.